The van der Waals surface area contributed by atoms with E-state index in [9.17, 15) is 17.6 Å². The van der Waals surface area contributed by atoms with Crippen LogP contribution >= 0.6 is 0 Å². The molecule has 0 unspecified atom stereocenters. The summed E-state index contributed by atoms with van der Waals surface area (Å²) in [5.41, 5.74) is 2.00. The second-order valence-electron chi connectivity index (χ2n) is 5.88. The van der Waals surface area contributed by atoms with Crippen LogP contribution in [0.3, 0.4) is 0 Å². The number of halogens is 1. The predicted octanol–water partition coefficient (Wildman–Crippen LogP) is 2.23. The third-order valence-electron chi connectivity index (χ3n) is 2.88. The lowest BCUT2D eigenvalue weighted by Crippen LogP contribution is -2.31. The summed E-state index contributed by atoms with van der Waals surface area (Å²) in [7, 11) is -3.45. The maximum atomic E-state index is 13.4. The van der Waals surface area contributed by atoms with Gasteiger partial charge in [-0.1, -0.05) is 0 Å². The van der Waals surface area contributed by atoms with Crippen LogP contribution in [-0.4, -0.2) is 31.6 Å². The van der Waals surface area contributed by atoms with Crippen LogP contribution in [0, 0.1) is 5.82 Å². The van der Waals surface area contributed by atoms with E-state index in [-0.39, 0.29) is 22.6 Å². The quantitative estimate of drug-likeness (QED) is 0.633. The summed E-state index contributed by atoms with van der Waals surface area (Å²) < 4.78 is 42.3. The van der Waals surface area contributed by atoms with Gasteiger partial charge in [-0.25, -0.2) is 23.0 Å². The van der Waals surface area contributed by atoms with Crippen molar-refractivity contribution < 1.29 is 22.3 Å². The summed E-state index contributed by atoms with van der Waals surface area (Å²) in [5.74, 6) is -0.707. The van der Waals surface area contributed by atoms with Crippen molar-refractivity contribution in [3.8, 4) is 0 Å². The molecule has 0 aliphatic carbocycles. The SMILES string of the molecule is CC(C)(C)OC(=O)N/N=C1/CCS(=O)(=O)c2ccc(F)cc21. The molecule has 1 aromatic carbocycles. The Morgan fingerprint density at radius 3 is 2.68 bits per heavy atom. The van der Waals surface area contributed by atoms with Crippen molar-refractivity contribution in [2.24, 2.45) is 5.10 Å². The van der Waals surface area contributed by atoms with Crippen LogP contribution in [-0.2, 0) is 14.6 Å². The molecule has 6 nitrogen and oxygen atoms in total. The number of hydrogen-bond donors (Lipinski definition) is 1. The average molecular weight is 328 g/mol. The molecule has 120 valence electrons. The van der Waals surface area contributed by atoms with E-state index in [0.29, 0.717) is 5.71 Å². The van der Waals surface area contributed by atoms with Gasteiger partial charge in [-0.2, -0.15) is 5.10 Å². The van der Waals surface area contributed by atoms with E-state index in [1.807, 2.05) is 0 Å². The van der Waals surface area contributed by atoms with E-state index in [4.69, 9.17) is 4.74 Å². The minimum absolute atomic E-state index is 0.0184. The van der Waals surface area contributed by atoms with Gasteiger partial charge in [0.2, 0.25) is 0 Å². The van der Waals surface area contributed by atoms with Crippen molar-refractivity contribution in [3.63, 3.8) is 0 Å². The molecule has 1 N–H and O–H groups in total. The first-order valence-electron chi connectivity index (χ1n) is 6.67. The standard InChI is InChI=1S/C14H17FN2O4S/c1-14(2,3)21-13(18)17-16-11-6-7-22(19,20)12-5-4-9(15)8-10(11)12/h4-5,8H,6-7H2,1-3H3,(H,17,18)/b16-11-. The fourth-order valence-electron chi connectivity index (χ4n) is 2.00. The molecule has 22 heavy (non-hydrogen) atoms. The molecule has 0 saturated heterocycles. The Morgan fingerprint density at radius 2 is 2.05 bits per heavy atom. The van der Waals surface area contributed by atoms with Crippen molar-refractivity contribution >= 4 is 21.6 Å². The maximum Gasteiger partial charge on any atom is 0.428 e. The van der Waals surface area contributed by atoms with Gasteiger partial charge in [0.15, 0.2) is 9.84 Å². The summed E-state index contributed by atoms with van der Waals surface area (Å²) in [5, 5.41) is 3.88. The predicted molar refractivity (Wildman–Crippen MR) is 79.0 cm³/mol. The fourth-order valence-corrected chi connectivity index (χ4v) is 3.47. The van der Waals surface area contributed by atoms with E-state index >= 15 is 0 Å². The number of amides is 1. The Labute approximate surface area is 128 Å². The van der Waals surface area contributed by atoms with E-state index in [1.165, 1.54) is 6.07 Å². The van der Waals surface area contributed by atoms with Gasteiger partial charge in [-0.15, -0.1) is 0 Å². The number of sulfone groups is 1. The van der Waals surface area contributed by atoms with Crippen LogP contribution in [0.15, 0.2) is 28.2 Å². The number of ether oxygens (including phenoxy) is 1. The number of carbonyl (C=O) groups is 1. The highest BCUT2D eigenvalue weighted by Crippen LogP contribution is 2.26. The van der Waals surface area contributed by atoms with Gasteiger partial charge in [-0.05, 0) is 39.0 Å². The molecule has 0 fully saturated rings. The molecule has 0 aromatic heterocycles. The third kappa shape index (κ3) is 3.82. The van der Waals surface area contributed by atoms with E-state index in [1.54, 1.807) is 20.8 Å². The van der Waals surface area contributed by atoms with Gasteiger partial charge < -0.3 is 4.74 Å². The monoisotopic (exact) mass is 328 g/mol. The molecule has 1 aromatic rings. The number of carbonyl (C=O) groups excluding carboxylic acids is 1. The molecule has 1 amide bonds. The van der Waals surface area contributed by atoms with Crippen LogP contribution in [0.5, 0.6) is 0 Å². The van der Waals surface area contributed by atoms with E-state index < -0.39 is 27.3 Å². The minimum Gasteiger partial charge on any atom is -0.443 e. The van der Waals surface area contributed by atoms with Crippen molar-refractivity contribution in [1.29, 1.82) is 0 Å². The zero-order chi connectivity index (χ0) is 16.5. The molecule has 2 rings (SSSR count). The largest absolute Gasteiger partial charge is 0.443 e. The number of hydrogen-bond acceptors (Lipinski definition) is 5. The number of fused-ring (bicyclic) bond motifs is 1. The third-order valence-corrected chi connectivity index (χ3v) is 4.64. The van der Waals surface area contributed by atoms with E-state index in [2.05, 4.69) is 10.5 Å². The second-order valence-corrected chi connectivity index (χ2v) is 7.96. The molecule has 0 radical (unpaired) electrons. The molecule has 0 spiro atoms. The van der Waals surface area contributed by atoms with Gasteiger partial charge in [0.25, 0.3) is 0 Å². The highest BCUT2D eigenvalue weighted by Gasteiger charge is 2.28. The second kappa shape index (κ2) is 5.68. The Morgan fingerprint density at radius 1 is 1.36 bits per heavy atom. The zero-order valence-electron chi connectivity index (χ0n) is 12.5. The number of hydrazone groups is 1. The molecule has 1 aliphatic heterocycles. The van der Waals surface area contributed by atoms with Crippen LogP contribution < -0.4 is 5.43 Å². The van der Waals surface area contributed by atoms with Crippen molar-refractivity contribution in [2.45, 2.75) is 37.7 Å². The Hall–Kier alpha value is -1.96. The Balaban J connectivity index is 2.29. The molecule has 1 aliphatic rings. The van der Waals surface area contributed by atoms with Gasteiger partial charge >= 0.3 is 6.09 Å². The van der Waals surface area contributed by atoms with Crippen LogP contribution in [0.1, 0.15) is 32.8 Å². The highest BCUT2D eigenvalue weighted by molar-refractivity contribution is 7.91. The van der Waals surface area contributed by atoms with Crippen molar-refractivity contribution in [1.82, 2.24) is 5.43 Å². The maximum absolute atomic E-state index is 13.4. The molecule has 1 heterocycles. The van der Waals surface area contributed by atoms with E-state index in [0.717, 1.165) is 12.1 Å². The number of benzene rings is 1. The van der Waals surface area contributed by atoms with Crippen LogP contribution in [0.2, 0.25) is 0 Å². The molecule has 0 bridgehead atoms. The molecule has 0 saturated carbocycles. The lowest BCUT2D eigenvalue weighted by atomic mass is 10.1. The van der Waals surface area contributed by atoms with Gasteiger partial charge in [-0.3, -0.25) is 0 Å². The molecular formula is C14H17FN2O4S. The van der Waals surface area contributed by atoms with Gasteiger partial charge in [0, 0.05) is 12.0 Å². The highest BCUT2D eigenvalue weighted by atomic mass is 32.2. The number of nitrogens with one attached hydrogen (secondary N) is 1. The number of rotatable bonds is 1. The molecular weight excluding hydrogens is 311 g/mol. The summed E-state index contributed by atoms with van der Waals surface area (Å²) >= 11 is 0. The lowest BCUT2D eigenvalue weighted by Gasteiger charge is -2.20. The van der Waals surface area contributed by atoms with Crippen LogP contribution in [0.4, 0.5) is 9.18 Å². The summed E-state index contributed by atoms with van der Waals surface area (Å²) in [6.45, 7) is 5.12. The lowest BCUT2D eigenvalue weighted by molar-refractivity contribution is 0.0529. The summed E-state index contributed by atoms with van der Waals surface area (Å²) in [4.78, 5) is 11.6. The first-order chi connectivity index (χ1) is 10.1. The van der Waals surface area contributed by atoms with Gasteiger partial charge in [0.05, 0.1) is 16.4 Å². The Kier molecular flexibility index (Phi) is 4.23. The number of nitrogens with zero attached hydrogens (tertiary/aromatic N) is 1. The summed E-state index contributed by atoms with van der Waals surface area (Å²) in [6, 6.07) is 3.39. The van der Waals surface area contributed by atoms with Crippen molar-refractivity contribution in [3.05, 3.63) is 29.6 Å². The molecule has 8 heteroatoms. The normalized spacial score (nSPS) is 18.6. The van der Waals surface area contributed by atoms with Crippen molar-refractivity contribution in [2.75, 3.05) is 5.75 Å². The fraction of sp³-hybridized carbons (Fsp3) is 0.429. The topological polar surface area (TPSA) is 84.8 Å². The Bertz CT molecular complexity index is 736. The zero-order valence-corrected chi connectivity index (χ0v) is 13.3. The first-order valence-corrected chi connectivity index (χ1v) is 8.32. The summed E-state index contributed by atoms with van der Waals surface area (Å²) in [6.07, 6.45) is -0.666. The minimum atomic E-state index is -3.45. The average Bonchev–Trinajstić information content (AvgIpc) is 2.35. The van der Waals surface area contributed by atoms with Crippen LogP contribution in [0.25, 0.3) is 0 Å². The smallest absolute Gasteiger partial charge is 0.428 e. The molecule has 0 atom stereocenters. The van der Waals surface area contributed by atoms with Gasteiger partial charge in [0.1, 0.15) is 11.4 Å². The first kappa shape index (κ1) is 16.4.